The van der Waals surface area contributed by atoms with Crippen molar-refractivity contribution >= 4 is 11.8 Å². The van der Waals surface area contributed by atoms with Crippen molar-refractivity contribution in [2.75, 3.05) is 19.3 Å². The Kier molecular flexibility index (Phi) is 4.54. The first-order valence-corrected chi connectivity index (χ1v) is 9.19. The fourth-order valence-corrected chi connectivity index (χ4v) is 5.38. The van der Waals surface area contributed by atoms with Gasteiger partial charge in [0, 0.05) is 23.9 Å². The van der Waals surface area contributed by atoms with Crippen LogP contribution in [0.1, 0.15) is 25.0 Å². The maximum Gasteiger partial charge on any atom is 0.0835 e. The molecule has 0 unspecified atom stereocenters. The van der Waals surface area contributed by atoms with Gasteiger partial charge in [-0.25, -0.2) is 0 Å². The molecular formula is C20H26N2S. The van der Waals surface area contributed by atoms with E-state index in [1.165, 1.54) is 11.1 Å². The molecule has 2 aromatic carbocycles. The molecule has 1 fully saturated rings. The van der Waals surface area contributed by atoms with E-state index in [-0.39, 0.29) is 16.3 Å². The molecule has 0 radical (unpaired) electrons. The van der Waals surface area contributed by atoms with Crippen molar-refractivity contribution in [2.24, 2.45) is 5.73 Å². The smallest absolute Gasteiger partial charge is 0.0835 e. The molecule has 1 atom stereocenters. The van der Waals surface area contributed by atoms with Gasteiger partial charge in [0.15, 0.2) is 0 Å². The quantitative estimate of drug-likeness (QED) is 0.912. The number of nitrogens with zero attached hydrogens (tertiary/aromatic N) is 1. The first-order valence-electron chi connectivity index (χ1n) is 8.20. The average molecular weight is 327 g/mol. The van der Waals surface area contributed by atoms with E-state index in [0.29, 0.717) is 0 Å². The van der Waals surface area contributed by atoms with Gasteiger partial charge in [-0.05, 0) is 32.0 Å². The van der Waals surface area contributed by atoms with Gasteiger partial charge in [-0.1, -0.05) is 60.7 Å². The van der Waals surface area contributed by atoms with E-state index in [1.54, 1.807) is 0 Å². The normalized spacial score (nSPS) is 24.1. The highest BCUT2D eigenvalue weighted by atomic mass is 32.2. The molecule has 1 heterocycles. The van der Waals surface area contributed by atoms with Gasteiger partial charge in [-0.3, -0.25) is 4.90 Å². The predicted molar refractivity (Wildman–Crippen MR) is 101 cm³/mol. The Balaban J connectivity index is 2.27. The Bertz CT molecular complexity index is 600. The zero-order valence-electron chi connectivity index (χ0n) is 14.2. The molecule has 2 N–H and O–H groups in total. The lowest BCUT2D eigenvalue weighted by molar-refractivity contribution is 0.124. The monoisotopic (exact) mass is 326 g/mol. The minimum Gasteiger partial charge on any atom is -0.326 e. The van der Waals surface area contributed by atoms with Crippen molar-refractivity contribution in [3.63, 3.8) is 0 Å². The SMILES string of the molecule is CN1C[C@@H](N)CSC(c2ccccc2)(c2ccccc2)C1(C)C. The minimum absolute atomic E-state index is 0.0610. The second-order valence-corrected chi connectivity index (χ2v) is 8.16. The molecule has 0 bridgehead atoms. The van der Waals surface area contributed by atoms with Crippen molar-refractivity contribution in [1.29, 1.82) is 0 Å². The van der Waals surface area contributed by atoms with Crippen molar-refractivity contribution < 1.29 is 0 Å². The third-order valence-electron chi connectivity index (χ3n) is 5.20. The van der Waals surface area contributed by atoms with Gasteiger partial charge in [0.05, 0.1) is 4.75 Å². The van der Waals surface area contributed by atoms with Crippen LogP contribution in [0.3, 0.4) is 0 Å². The number of nitrogens with two attached hydrogens (primary N) is 1. The number of thioether (sulfide) groups is 1. The Morgan fingerprint density at radius 3 is 1.91 bits per heavy atom. The van der Waals surface area contributed by atoms with Gasteiger partial charge >= 0.3 is 0 Å². The number of rotatable bonds is 2. The number of benzene rings is 2. The number of hydrogen-bond acceptors (Lipinski definition) is 3. The fourth-order valence-electron chi connectivity index (χ4n) is 3.70. The Hall–Kier alpha value is -1.29. The summed E-state index contributed by atoms with van der Waals surface area (Å²) in [5.41, 5.74) is 9.00. The molecule has 3 heteroatoms. The molecule has 2 aromatic rings. The molecular weight excluding hydrogens is 300 g/mol. The molecule has 1 aliphatic heterocycles. The van der Waals surface area contributed by atoms with Crippen LogP contribution in [0.25, 0.3) is 0 Å². The van der Waals surface area contributed by atoms with E-state index in [2.05, 4.69) is 86.5 Å². The van der Waals surface area contributed by atoms with Crippen LogP contribution in [-0.2, 0) is 4.75 Å². The van der Waals surface area contributed by atoms with Gasteiger partial charge in [0.25, 0.3) is 0 Å². The second-order valence-electron chi connectivity index (χ2n) is 6.92. The third kappa shape index (κ3) is 2.71. The lowest BCUT2D eigenvalue weighted by Crippen LogP contribution is -2.56. The Morgan fingerprint density at radius 1 is 0.957 bits per heavy atom. The van der Waals surface area contributed by atoms with Crippen LogP contribution in [0.4, 0.5) is 0 Å². The highest BCUT2D eigenvalue weighted by Crippen LogP contribution is 2.53. The van der Waals surface area contributed by atoms with Crippen molar-refractivity contribution in [2.45, 2.75) is 30.2 Å². The predicted octanol–water partition coefficient (Wildman–Crippen LogP) is 3.71. The van der Waals surface area contributed by atoms with Crippen LogP contribution < -0.4 is 5.73 Å². The molecule has 0 aliphatic carbocycles. The van der Waals surface area contributed by atoms with Gasteiger partial charge in [0.2, 0.25) is 0 Å². The molecule has 1 saturated heterocycles. The van der Waals surface area contributed by atoms with Crippen molar-refractivity contribution in [3.05, 3.63) is 71.8 Å². The van der Waals surface area contributed by atoms with Crippen LogP contribution >= 0.6 is 11.8 Å². The molecule has 0 saturated carbocycles. The summed E-state index contributed by atoms with van der Waals surface area (Å²) in [5, 5.41) is 0. The van der Waals surface area contributed by atoms with E-state index in [4.69, 9.17) is 5.73 Å². The van der Waals surface area contributed by atoms with Crippen LogP contribution in [0, 0.1) is 0 Å². The Labute approximate surface area is 144 Å². The molecule has 0 spiro atoms. The molecule has 0 aromatic heterocycles. The largest absolute Gasteiger partial charge is 0.326 e. The van der Waals surface area contributed by atoms with Crippen LogP contribution in [0.2, 0.25) is 0 Å². The van der Waals surface area contributed by atoms with E-state index in [1.807, 2.05) is 11.8 Å². The minimum atomic E-state index is -0.140. The molecule has 1 aliphatic rings. The highest BCUT2D eigenvalue weighted by Gasteiger charge is 2.52. The fraction of sp³-hybridized carbons (Fsp3) is 0.400. The van der Waals surface area contributed by atoms with Gasteiger partial charge in [-0.15, -0.1) is 11.8 Å². The zero-order chi connectivity index (χ0) is 16.5. The molecule has 122 valence electrons. The van der Waals surface area contributed by atoms with E-state index >= 15 is 0 Å². The molecule has 0 amide bonds. The summed E-state index contributed by atoms with van der Waals surface area (Å²) in [5.74, 6) is 0.956. The second kappa shape index (κ2) is 6.31. The summed E-state index contributed by atoms with van der Waals surface area (Å²) in [6, 6.07) is 22.0. The summed E-state index contributed by atoms with van der Waals surface area (Å²) in [4.78, 5) is 2.43. The lowest BCUT2D eigenvalue weighted by Gasteiger charge is -2.50. The Morgan fingerprint density at radius 2 is 1.43 bits per heavy atom. The lowest BCUT2D eigenvalue weighted by atomic mass is 9.75. The van der Waals surface area contributed by atoms with E-state index in [9.17, 15) is 0 Å². The van der Waals surface area contributed by atoms with Gasteiger partial charge in [-0.2, -0.15) is 0 Å². The van der Waals surface area contributed by atoms with Gasteiger partial charge < -0.3 is 5.73 Å². The number of hydrogen-bond donors (Lipinski definition) is 1. The number of likely N-dealkylation sites (N-methyl/N-ethyl adjacent to an activating group) is 1. The zero-order valence-corrected chi connectivity index (χ0v) is 15.0. The standard InChI is InChI=1S/C20H26N2S/c1-19(2)20(16-10-6-4-7-11-16,17-12-8-5-9-13-17)23-15-18(21)14-22(19)3/h4-13,18H,14-15,21H2,1-3H3/t18-/m1/s1. The van der Waals surface area contributed by atoms with E-state index in [0.717, 1.165) is 12.3 Å². The first kappa shape index (κ1) is 16.6. The molecule has 23 heavy (non-hydrogen) atoms. The van der Waals surface area contributed by atoms with Crippen LogP contribution in [0.5, 0.6) is 0 Å². The third-order valence-corrected chi connectivity index (χ3v) is 7.20. The summed E-state index contributed by atoms with van der Waals surface area (Å²) in [7, 11) is 2.20. The average Bonchev–Trinajstić information content (AvgIpc) is 2.65. The van der Waals surface area contributed by atoms with Crippen LogP contribution in [0.15, 0.2) is 60.7 Å². The van der Waals surface area contributed by atoms with Crippen molar-refractivity contribution in [1.82, 2.24) is 4.90 Å². The maximum atomic E-state index is 6.36. The van der Waals surface area contributed by atoms with E-state index < -0.39 is 0 Å². The summed E-state index contributed by atoms with van der Waals surface area (Å²) in [6.45, 7) is 5.61. The summed E-state index contributed by atoms with van der Waals surface area (Å²) >= 11 is 1.99. The first-order chi connectivity index (χ1) is 11.0. The molecule has 2 nitrogen and oxygen atoms in total. The van der Waals surface area contributed by atoms with Crippen molar-refractivity contribution in [3.8, 4) is 0 Å². The highest BCUT2D eigenvalue weighted by molar-refractivity contribution is 8.00. The molecule has 3 rings (SSSR count). The summed E-state index contributed by atoms with van der Waals surface area (Å²) in [6.07, 6.45) is 0. The van der Waals surface area contributed by atoms with Gasteiger partial charge in [0.1, 0.15) is 0 Å². The topological polar surface area (TPSA) is 29.3 Å². The summed E-state index contributed by atoms with van der Waals surface area (Å²) < 4.78 is -0.140. The van der Waals surface area contributed by atoms with Crippen LogP contribution in [-0.4, -0.2) is 35.8 Å². The maximum absolute atomic E-state index is 6.36.